The minimum Gasteiger partial charge on any atom is -0.130 e. The van der Waals surface area contributed by atoms with Crippen LogP contribution in [0.4, 0.5) is 0 Å². The van der Waals surface area contributed by atoms with Crippen LogP contribution in [0.25, 0.3) is 0 Å². The van der Waals surface area contributed by atoms with Crippen molar-refractivity contribution in [1.82, 2.24) is 0 Å². The maximum Gasteiger partial charge on any atom is 0.0373 e. The van der Waals surface area contributed by atoms with Gasteiger partial charge in [-0.15, -0.1) is 11.8 Å². The quantitative estimate of drug-likeness (QED) is 0.630. The van der Waals surface area contributed by atoms with Crippen LogP contribution in [0.2, 0.25) is 0 Å². The summed E-state index contributed by atoms with van der Waals surface area (Å²) in [6.07, 6.45) is 2.08. The molecule has 0 aromatic heterocycles. The Kier molecular flexibility index (Phi) is 3.34. The van der Waals surface area contributed by atoms with Crippen molar-refractivity contribution in [3.8, 4) is 0 Å². The third-order valence-electron chi connectivity index (χ3n) is 1.56. The van der Waals surface area contributed by atoms with Crippen LogP contribution < -0.4 is 0 Å². The normalized spacial score (nSPS) is 13.0. The SMILES string of the molecule is CSc1cccc(C(C)[S])c1. The zero-order chi connectivity index (χ0) is 8.27. The van der Waals surface area contributed by atoms with Gasteiger partial charge in [-0.1, -0.05) is 24.8 Å². The molecule has 0 saturated heterocycles. The van der Waals surface area contributed by atoms with E-state index in [2.05, 4.69) is 30.5 Å². The van der Waals surface area contributed by atoms with Gasteiger partial charge in [-0.25, -0.2) is 0 Å². The molecule has 1 rings (SSSR count). The van der Waals surface area contributed by atoms with Crippen LogP contribution in [0.15, 0.2) is 29.2 Å². The molecule has 1 radical (unpaired) electrons. The summed E-state index contributed by atoms with van der Waals surface area (Å²) in [6, 6.07) is 8.40. The summed E-state index contributed by atoms with van der Waals surface area (Å²) in [6.45, 7) is 2.04. The Balaban J connectivity index is 2.91. The van der Waals surface area contributed by atoms with E-state index >= 15 is 0 Å². The lowest BCUT2D eigenvalue weighted by Crippen LogP contribution is -1.83. The summed E-state index contributed by atoms with van der Waals surface area (Å²) in [5.74, 6) is 0. The standard InChI is InChI=1S/C9H11S2/c1-7(10)8-4-3-5-9(6-8)11-2/h3-7H,1-2H3. The molecule has 0 aliphatic heterocycles. The van der Waals surface area contributed by atoms with E-state index in [-0.39, 0.29) is 5.25 Å². The summed E-state index contributed by atoms with van der Waals surface area (Å²) < 4.78 is 0. The first kappa shape index (κ1) is 9.01. The smallest absolute Gasteiger partial charge is 0.0373 e. The fourth-order valence-electron chi connectivity index (χ4n) is 0.894. The minimum absolute atomic E-state index is 0.224. The molecule has 1 aromatic rings. The minimum atomic E-state index is 0.224. The Labute approximate surface area is 77.8 Å². The van der Waals surface area contributed by atoms with Gasteiger partial charge in [-0.2, -0.15) is 0 Å². The number of rotatable bonds is 2. The van der Waals surface area contributed by atoms with Crippen molar-refractivity contribution in [3.63, 3.8) is 0 Å². The Bertz CT molecular complexity index is 231. The highest BCUT2D eigenvalue weighted by Crippen LogP contribution is 2.23. The molecule has 2 heteroatoms. The molecule has 1 aromatic carbocycles. The van der Waals surface area contributed by atoms with Crippen molar-refractivity contribution in [1.29, 1.82) is 0 Å². The Morgan fingerprint density at radius 1 is 1.45 bits per heavy atom. The first-order chi connectivity index (χ1) is 5.24. The van der Waals surface area contributed by atoms with Gasteiger partial charge >= 0.3 is 0 Å². The molecule has 1 unspecified atom stereocenters. The molecule has 11 heavy (non-hydrogen) atoms. The van der Waals surface area contributed by atoms with Gasteiger partial charge in [0.05, 0.1) is 0 Å². The van der Waals surface area contributed by atoms with Crippen molar-refractivity contribution in [2.75, 3.05) is 6.26 Å². The Morgan fingerprint density at radius 3 is 2.73 bits per heavy atom. The van der Waals surface area contributed by atoms with Gasteiger partial charge in [0.25, 0.3) is 0 Å². The first-order valence-electron chi connectivity index (χ1n) is 3.54. The summed E-state index contributed by atoms with van der Waals surface area (Å²) in [5, 5.41) is 0.224. The van der Waals surface area contributed by atoms with Gasteiger partial charge in [-0.05, 0) is 30.9 Å². The van der Waals surface area contributed by atoms with Gasteiger partial charge in [0.2, 0.25) is 0 Å². The summed E-state index contributed by atoms with van der Waals surface area (Å²) >= 11 is 6.90. The molecule has 0 heterocycles. The number of thioether (sulfide) groups is 1. The van der Waals surface area contributed by atoms with E-state index in [0.717, 1.165) is 0 Å². The highest BCUT2D eigenvalue weighted by Gasteiger charge is 1.99. The highest BCUT2D eigenvalue weighted by atomic mass is 32.2. The van der Waals surface area contributed by atoms with Crippen LogP contribution in [0, 0.1) is 0 Å². The van der Waals surface area contributed by atoms with Crippen molar-refractivity contribution in [2.24, 2.45) is 0 Å². The van der Waals surface area contributed by atoms with E-state index in [4.69, 9.17) is 12.6 Å². The van der Waals surface area contributed by atoms with E-state index in [1.165, 1.54) is 10.5 Å². The van der Waals surface area contributed by atoms with Crippen molar-refractivity contribution < 1.29 is 0 Å². The lowest BCUT2D eigenvalue weighted by atomic mass is 10.2. The molecule has 0 bridgehead atoms. The topological polar surface area (TPSA) is 0 Å². The molecular formula is C9H11S2. The van der Waals surface area contributed by atoms with Crippen LogP contribution in [0.5, 0.6) is 0 Å². The molecular weight excluding hydrogens is 172 g/mol. The average Bonchev–Trinajstić information content (AvgIpc) is 2.05. The largest absolute Gasteiger partial charge is 0.130 e. The third-order valence-corrected chi connectivity index (χ3v) is 2.56. The van der Waals surface area contributed by atoms with Crippen molar-refractivity contribution in [2.45, 2.75) is 17.1 Å². The van der Waals surface area contributed by atoms with E-state index in [1.54, 1.807) is 11.8 Å². The molecule has 0 nitrogen and oxygen atoms in total. The fourth-order valence-corrected chi connectivity index (χ4v) is 1.51. The third kappa shape index (κ3) is 2.46. The van der Waals surface area contributed by atoms with Crippen LogP contribution in [-0.4, -0.2) is 6.26 Å². The maximum atomic E-state index is 5.14. The van der Waals surface area contributed by atoms with E-state index in [9.17, 15) is 0 Å². The predicted molar refractivity (Wildman–Crippen MR) is 54.2 cm³/mol. The number of hydrogen-bond donors (Lipinski definition) is 0. The van der Waals surface area contributed by atoms with Gasteiger partial charge < -0.3 is 0 Å². The lowest BCUT2D eigenvalue weighted by Gasteiger charge is -2.04. The second-order valence-electron chi connectivity index (χ2n) is 2.42. The molecule has 0 fully saturated rings. The Morgan fingerprint density at radius 2 is 2.18 bits per heavy atom. The summed E-state index contributed by atoms with van der Waals surface area (Å²) in [4.78, 5) is 1.29. The zero-order valence-electron chi connectivity index (χ0n) is 6.70. The maximum absolute atomic E-state index is 5.14. The fraction of sp³-hybridized carbons (Fsp3) is 0.333. The molecule has 1 atom stereocenters. The van der Waals surface area contributed by atoms with Crippen molar-refractivity contribution in [3.05, 3.63) is 29.8 Å². The molecule has 0 aliphatic carbocycles. The molecule has 0 spiro atoms. The molecule has 0 saturated carbocycles. The monoisotopic (exact) mass is 183 g/mol. The average molecular weight is 183 g/mol. The van der Waals surface area contributed by atoms with Crippen LogP contribution in [-0.2, 0) is 0 Å². The molecule has 0 N–H and O–H groups in total. The van der Waals surface area contributed by atoms with Gasteiger partial charge in [0.1, 0.15) is 0 Å². The first-order valence-corrected chi connectivity index (χ1v) is 5.23. The zero-order valence-corrected chi connectivity index (χ0v) is 8.34. The van der Waals surface area contributed by atoms with E-state index in [1.807, 2.05) is 6.92 Å². The summed E-state index contributed by atoms with van der Waals surface area (Å²) in [5.41, 5.74) is 1.24. The highest BCUT2D eigenvalue weighted by molar-refractivity contribution is 7.98. The van der Waals surface area contributed by atoms with Crippen molar-refractivity contribution >= 4 is 24.4 Å². The van der Waals surface area contributed by atoms with Gasteiger partial charge in [-0.3, -0.25) is 0 Å². The second-order valence-corrected chi connectivity index (χ2v) is 4.01. The predicted octanol–water partition coefficient (Wildman–Crippen LogP) is 3.67. The number of hydrogen-bond acceptors (Lipinski definition) is 1. The number of benzene rings is 1. The molecule has 59 valence electrons. The van der Waals surface area contributed by atoms with E-state index in [0.29, 0.717) is 0 Å². The van der Waals surface area contributed by atoms with Crippen LogP contribution in [0.1, 0.15) is 17.7 Å². The summed E-state index contributed by atoms with van der Waals surface area (Å²) in [7, 11) is 0. The lowest BCUT2D eigenvalue weighted by molar-refractivity contribution is 1.10. The molecule has 0 aliphatic rings. The second kappa shape index (κ2) is 4.07. The van der Waals surface area contributed by atoms with Crippen LogP contribution >= 0.6 is 24.4 Å². The molecule has 0 amide bonds. The van der Waals surface area contributed by atoms with Crippen LogP contribution in [0.3, 0.4) is 0 Å². The van der Waals surface area contributed by atoms with Gasteiger partial charge in [0, 0.05) is 10.1 Å². The Hall–Kier alpha value is -0.0800. The van der Waals surface area contributed by atoms with E-state index < -0.39 is 0 Å². The van der Waals surface area contributed by atoms with Gasteiger partial charge in [0.15, 0.2) is 0 Å².